The molecule has 0 aliphatic carbocycles. The Kier molecular flexibility index (Phi) is 3.54. The van der Waals surface area contributed by atoms with E-state index in [2.05, 4.69) is 9.97 Å². The average Bonchev–Trinajstić information content (AvgIpc) is 2.57. The first-order valence-corrected chi connectivity index (χ1v) is 5.44. The van der Waals surface area contributed by atoms with Gasteiger partial charge in [0.25, 0.3) is 23.7 Å². The van der Waals surface area contributed by atoms with Gasteiger partial charge in [0.2, 0.25) is 0 Å². The number of ether oxygens (including phenoxy) is 2. The Morgan fingerprint density at radius 1 is 1.68 bits per heavy atom. The van der Waals surface area contributed by atoms with Gasteiger partial charge in [0, 0.05) is 11.8 Å². The zero-order chi connectivity index (χ0) is 14.2. The number of hydrogen-bond acceptors (Lipinski definition) is 7. The van der Waals surface area contributed by atoms with Crippen molar-refractivity contribution in [1.82, 2.24) is 9.97 Å². The molecule has 1 unspecified atom stereocenters. The summed E-state index contributed by atoms with van der Waals surface area (Å²) in [5.74, 6) is -3.23. The summed E-state index contributed by atoms with van der Waals surface area (Å²) in [6.45, 7) is 0.809. The molecule has 1 aliphatic heterocycles. The van der Waals surface area contributed by atoms with Gasteiger partial charge in [-0.3, -0.25) is 9.78 Å². The van der Waals surface area contributed by atoms with Crippen LogP contribution in [0.25, 0.3) is 0 Å². The Labute approximate surface area is 106 Å². The van der Waals surface area contributed by atoms with Crippen LogP contribution in [0.1, 0.15) is 5.56 Å². The van der Waals surface area contributed by atoms with Gasteiger partial charge in [-0.25, -0.2) is 9.37 Å². The maximum absolute atomic E-state index is 13.8. The van der Waals surface area contributed by atoms with E-state index in [0.717, 1.165) is 0 Å². The molecule has 106 valence electrons. The minimum absolute atomic E-state index is 0.323. The third-order valence-corrected chi connectivity index (χ3v) is 2.75. The summed E-state index contributed by atoms with van der Waals surface area (Å²) in [5, 5.41) is 27.6. The van der Waals surface area contributed by atoms with E-state index < -0.39 is 36.5 Å². The maximum atomic E-state index is 13.8. The van der Waals surface area contributed by atoms with E-state index in [9.17, 15) is 19.4 Å². The molecule has 4 N–H and O–H groups in total. The highest BCUT2D eigenvalue weighted by Crippen LogP contribution is 2.33. The van der Waals surface area contributed by atoms with Crippen molar-refractivity contribution in [2.45, 2.75) is 31.3 Å². The first kappa shape index (κ1) is 13.9. The number of aromatic amines is 1. The van der Waals surface area contributed by atoms with Gasteiger partial charge >= 0.3 is 0 Å². The highest BCUT2D eigenvalue weighted by atomic mass is 19.2. The lowest BCUT2D eigenvalue weighted by molar-refractivity contribution is -0.230. The maximum Gasteiger partial charge on any atom is 0.298 e. The fourth-order valence-electron chi connectivity index (χ4n) is 1.59. The fraction of sp³-hybridized carbons (Fsp3) is 0.600. The summed E-state index contributed by atoms with van der Waals surface area (Å²) in [7, 11) is 0. The highest BCUT2D eigenvalue weighted by Gasteiger charge is 2.58. The summed E-state index contributed by atoms with van der Waals surface area (Å²) in [5.41, 5.74) is -0.173. The molecule has 1 saturated heterocycles. The quantitative estimate of drug-likeness (QED) is 0.513. The third-order valence-electron chi connectivity index (χ3n) is 2.75. The molecule has 0 aromatic carbocycles. The van der Waals surface area contributed by atoms with E-state index in [4.69, 9.17) is 14.6 Å². The molecule has 1 aromatic rings. The summed E-state index contributed by atoms with van der Waals surface area (Å²) in [4.78, 5) is 17.2. The molecule has 0 saturated carbocycles. The Morgan fingerprint density at radius 3 is 2.89 bits per heavy atom. The summed E-state index contributed by atoms with van der Waals surface area (Å²) < 4.78 is 23.4. The van der Waals surface area contributed by atoms with Gasteiger partial charge in [0.05, 0.1) is 6.61 Å². The molecule has 1 fully saturated rings. The molecule has 9 heteroatoms. The van der Waals surface area contributed by atoms with Gasteiger partial charge in [-0.05, 0) is 6.92 Å². The van der Waals surface area contributed by atoms with E-state index in [1.165, 1.54) is 13.1 Å². The second kappa shape index (κ2) is 4.85. The Hall–Kier alpha value is -1.55. The number of aryl methyl sites for hydroxylation is 1. The van der Waals surface area contributed by atoms with Crippen LogP contribution in [-0.4, -0.2) is 56.2 Å². The number of H-pyrrole nitrogens is 1. The van der Waals surface area contributed by atoms with Gasteiger partial charge in [-0.2, -0.15) is 0 Å². The summed E-state index contributed by atoms with van der Waals surface area (Å²) in [6, 6.07) is -0.373. The standard InChI is InChI=1S/C10H13FN2O6/c1-4-2-12-9(13-7(4)16)19-8-10(11,17)6(15)5(3-14)18-8/h2,5-6,8,14-15,17H,3H2,1H3,(H,12,13,16)/t5-,6-,8?,10+/m0/s1. The molecule has 1 aliphatic rings. The fourth-order valence-corrected chi connectivity index (χ4v) is 1.59. The number of nitrogens with zero attached hydrogens (tertiary/aromatic N) is 1. The predicted octanol–water partition coefficient (Wildman–Crippen LogP) is -1.81. The smallest absolute Gasteiger partial charge is 0.298 e. The van der Waals surface area contributed by atoms with Gasteiger partial charge < -0.3 is 24.8 Å². The SMILES string of the molecule is Cc1cnc(OC2O[C@@H](CO)[C@H](O)[C@]2(O)F)[nH]c1=O. The Morgan fingerprint density at radius 2 is 2.37 bits per heavy atom. The average molecular weight is 276 g/mol. The van der Waals surface area contributed by atoms with Crippen molar-refractivity contribution in [3.63, 3.8) is 0 Å². The first-order chi connectivity index (χ1) is 8.86. The molecular weight excluding hydrogens is 263 g/mol. The number of rotatable bonds is 3. The number of aliphatic hydroxyl groups is 3. The molecule has 8 nitrogen and oxygen atoms in total. The van der Waals surface area contributed by atoms with Crippen LogP contribution in [0, 0.1) is 6.92 Å². The van der Waals surface area contributed by atoms with Crippen molar-refractivity contribution in [2.75, 3.05) is 6.61 Å². The molecule has 0 radical (unpaired) electrons. The van der Waals surface area contributed by atoms with Crippen LogP contribution in [0.2, 0.25) is 0 Å². The van der Waals surface area contributed by atoms with Crippen molar-refractivity contribution in [3.05, 3.63) is 22.1 Å². The van der Waals surface area contributed by atoms with Crippen LogP contribution < -0.4 is 10.3 Å². The molecule has 0 amide bonds. The molecule has 2 heterocycles. The van der Waals surface area contributed by atoms with E-state index >= 15 is 0 Å². The first-order valence-electron chi connectivity index (χ1n) is 5.44. The molecule has 1 aromatic heterocycles. The van der Waals surface area contributed by atoms with E-state index in [1.54, 1.807) is 0 Å². The van der Waals surface area contributed by atoms with Crippen molar-refractivity contribution in [2.24, 2.45) is 0 Å². The third kappa shape index (κ3) is 2.45. The van der Waals surface area contributed by atoms with Crippen LogP contribution >= 0.6 is 0 Å². The molecule has 2 rings (SSSR count). The largest absolute Gasteiger partial charge is 0.428 e. The zero-order valence-corrected chi connectivity index (χ0v) is 9.91. The van der Waals surface area contributed by atoms with Gasteiger partial charge in [0.1, 0.15) is 12.2 Å². The van der Waals surface area contributed by atoms with Crippen LogP contribution in [-0.2, 0) is 4.74 Å². The number of alkyl halides is 1. The minimum atomic E-state index is -3.23. The minimum Gasteiger partial charge on any atom is -0.428 e. The number of aliphatic hydroxyl groups excluding tert-OH is 2. The normalized spacial score (nSPS) is 34.5. The van der Waals surface area contributed by atoms with E-state index in [-0.39, 0.29) is 6.01 Å². The van der Waals surface area contributed by atoms with Crippen molar-refractivity contribution >= 4 is 0 Å². The van der Waals surface area contributed by atoms with Gasteiger partial charge in [0.15, 0.2) is 0 Å². The Balaban J connectivity index is 2.19. The lowest BCUT2D eigenvalue weighted by Crippen LogP contribution is -2.46. The summed E-state index contributed by atoms with van der Waals surface area (Å²) in [6.07, 6.45) is -4.03. The van der Waals surface area contributed by atoms with Crippen molar-refractivity contribution < 1.29 is 29.2 Å². The van der Waals surface area contributed by atoms with Crippen LogP contribution in [0.15, 0.2) is 11.0 Å². The molecule has 0 bridgehead atoms. The second-order valence-electron chi connectivity index (χ2n) is 4.18. The van der Waals surface area contributed by atoms with Crippen LogP contribution in [0.5, 0.6) is 6.01 Å². The van der Waals surface area contributed by atoms with Crippen molar-refractivity contribution in [1.29, 1.82) is 0 Å². The second-order valence-corrected chi connectivity index (χ2v) is 4.18. The molecule has 0 spiro atoms. The van der Waals surface area contributed by atoms with Crippen LogP contribution in [0.3, 0.4) is 0 Å². The monoisotopic (exact) mass is 276 g/mol. The van der Waals surface area contributed by atoms with Crippen LogP contribution in [0.4, 0.5) is 4.39 Å². The van der Waals surface area contributed by atoms with E-state index in [0.29, 0.717) is 5.56 Å². The Bertz CT molecular complexity index is 519. The molecular formula is C10H13FN2O6. The lowest BCUT2D eigenvalue weighted by atomic mass is 10.1. The lowest BCUT2D eigenvalue weighted by Gasteiger charge is -2.21. The zero-order valence-electron chi connectivity index (χ0n) is 9.91. The summed E-state index contributed by atoms with van der Waals surface area (Å²) >= 11 is 0. The van der Waals surface area contributed by atoms with Crippen molar-refractivity contribution in [3.8, 4) is 6.01 Å². The predicted molar refractivity (Wildman–Crippen MR) is 58.0 cm³/mol. The van der Waals surface area contributed by atoms with Gasteiger partial charge in [-0.1, -0.05) is 0 Å². The number of nitrogens with one attached hydrogen (secondary N) is 1. The van der Waals surface area contributed by atoms with Gasteiger partial charge in [-0.15, -0.1) is 0 Å². The number of aromatic nitrogens is 2. The topological polar surface area (TPSA) is 125 Å². The molecule has 4 atom stereocenters. The number of hydrogen-bond donors (Lipinski definition) is 4. The number of halogens is 1. The molecule has 19 heavy (non-hydrogen) atoms. The highest BCUT2D eigenvalue weighted by molar-refractivity contribution is 5.06. The van der Waals surface area contributed by atoms with E-state index in [1.807, 2.05) is 0 Å².